The largest absolute Gasteiger partial charge is 0.465 e. The van der Waals surface area contributed by atoms with Gasteiger partial charge in [-0.2, -0.15) is 54.0 Å². The summed E-state index contributed by atoms with van der Waals surface area (Å²) < 4.78 is 145. The summed E-state index contributed by atoms with van der Waals surface area (Å²) in [5, 5.41) is 3.60. The van der Waals surface area contributed by atoms with Crippen LogP contribution in [0.1, 0.15) is 216 Å². The fraction of sp³-hybridized carbons (Fsp3) is 0.706. The van der Waals surface area contributed by atoms with E-state index in [0.29, 0.717) is 44.8 Å². The summed E-state index contributed by atoms with van der Waals surface area (Å²) in [5.41, 5.74) is -0.643. The highest BCUT2D eigenvalue weighted by Gasteiger charge is 2.59. The van der Waals surface area contributed by atoms with Gasteiger partial charge in [0.2, 0.25) is 0 Å². The predicted molar refractivity (Wildman–Crippen MR) is 328 cm³/mol. The molecule has 0 bridgehead atoms. The topological polar surface area (TPSA) is 164 Å². The molecule has 2 heterocycles. The van der Waals surface area contributed by atoms with Crippen molar-refractivity contribution < 1.29 is 101 Å². The molecule has 92 heavy (non-hydrogen) atoms. The number of piperidine rings is 2. The molecule has 0 saturated carbocycles. The Bertz CT molecular complexity index is 2630. The summed E-state index contributed by atoms with van der Waals surface area (Å²) in [6, 6.07) is 19.6. The Kier molecular flexibility index (Phi) is 32.7. The van der Waals surface area contributed by atoms with Gasteiger partial charge in [-0.1, -0.05) is 149 Å². The highest BCUT2D eigenvalue weighted by molar-refractivity contribution is 5.85. The molecule has 0 aliphatic carbocycles. The molecule has 24 heteroatoms. The number of halogens is 10. The summed E-state index contributed by atoms with van der Waals surface area (Å²) in [7, 11) is 0. The average Bonchev–Trinajstić information content (AvgIpc) is 0.764. The van der Waals surface area contributed by atoms with Crippen LogP contribution in [0, 0.1) is 17.8 Å². The first-order valence-corrected chi connectivity index (χ1v) is 32.0. The Hall–Kier alpha value is -5.46. The number of hydrogen-bond donors (Lipinski definition) is 0. The van der Waals surface area contributed by atoms with E-state index in [1.807, 2.05) is 102 Å². The van der Waals surface area contributed by atoms with Crippen LogP contribution in [-0.2, 0) is 57.4 Å². The minimum Gasteiger partial charge on any atom is -0.465 e. The zero-order valence-corrected chi connectivity index (χ0v) is 56.1. The first kappa shape index (κ1) is 82.6. The minimum atomic E-state index is -5.81. The number of rotatable bonds is 32. The van der Waals surface area contributed by atoms with Crippen molar-refractivity contribution in [1.82, 2.24) is 10.1 Å². The van der Waals surface area contributed by atoms with Crippen LogP contribution in [0.25, 0.3) is 0 Å². The van der Waals surface area contributed by atoms with Crippen LogP contribution in [0.3, 0.4) is 0 Å². The number of Topliss-reactive ketones (excluding diaryl/α,β-unsaturated/α-hetero) is 2. The molecule has 2 aromatic carbocycles. The van der Waals surface area contributed by atoms with Crippen molar-refractivity contribution in [1.29, 1.82) is 0 Å². The summed E-state index contributed by atoms with van der Waals surface area (Å²) in [5.74, 6) is -14.4. The molecule has 524 valence electrons. The van der Waals surface area contributed by atoms with Crippen LogP contribution in [0.5, 0.6) is 0 Å². The second-order valence-electron chi connectivity index (χ2n) is 25.1. The standard InChI is InChI=1S/C34H50F5NO6.C27H43NO4.C7H7F5O2/c1-8-11-18-44-29(42)26(20-23(4)25-15-13-12-14-16-25)21-28(30(43)45-19-17-33(35,36)34(37,38)39)46-40-31(6,9-2)22-27(41)24(5)32(40,7)10-3;1-8-11-17-31-25(30)24(18-20(4)22-15-13-12-14-16-22)32-28-26(6,9-2)19-23(29)21(5)27(28,7)10-3;1-2-5(13)14-4-3-6(8,9)7(10,11)12/h12-16,23-24,26,28H,8-11,17-22H2,1-7H3;12-16,20-21,24H,8-11,17-19H2,1-7H3;2H,1,3-4H2. The van der Waals surface area contributed by atoms with Crippen LogP contribution in [0.4, 0.5) is 43.9 Å². The SMILES string of the molecule is C=CC(=O)OCCC(F)(F)C(F)(F)F.CCCCOC(=O)C(CC(C)c1ccccc1)ON1C(C)(CC)CC(=O)C(C)C1(C)CC.CCCCOC(=O)C(CC(ON1C(C)(CC)CC(=O)C(C)C1(C)CC)C(=O)OCCC(F)(F)C(F)(F)F)CC(C)c1ccccc1. The first-order valence-electron chi connectivity index (χ1n) is 32.0. The molecule has 0 spiro atoms. The van der Waals surface area contributed by atoms with Gasteiger partial charge in [0.05, 0.1) is 67.3 Å². The molecule has 0 N–H and O–H groups in total. The number of nitrogens with zero attached hydrogens (tertiary/aromatic N) is 2. The van der Waals surface area contributed by atoms with Gasteiger partial charge in [0.1, 0.15) is 11.6 Å². The number of benzene rings is 2. The van der Waals surface area contributed by atoms with Crippen LogP contribution in [0.2, 0.25) is 0 Å². The van der Waals surface area contributed by atoms with Crippen molar-refractivity contribution in [3.63, 3.8) is 0 Å². The number of unbranched alkanes of at least 4 members (excludes halogenated alkanes) is 2. The highest BCUT2D eigenvalue weighted by Crippen LogP contribution is 2.47. The third-order valence-electron chi connectivity index (χ3n) is 18.4. The minimum absolute atomic E-state index is 0.0103. The van der Waals surface area contributed by atoms with E-state index < -0.39 is 114 Å². The van der Waals surface area contributed by atoms with Crippen molar-refractivity contribution in [2.45, 2.75) is 264 Å². The summed E-state index contributed by atoms with van der Waals surface area (Å²) in [6.07, 6.45) is -9.82. The molecule has 0 radical (unpaired) electrons. The van der Waals surface area contributed by atoms with E-state index in [9.17, 15) is 72.7 Å². The van der Waals surface area contributed by atoms with E-state index >= 15 is 0 Å². The molecule has 2 aromatic rings. The first-order chi connectivity index (χ1) is 42.7. The van der Waals surface area contributed by atoms with E-state index in [4.69, 9.17) is 23.9 Å². The number of carbonyl (C=O) groups excluding carboxylic acids is 6. The van der Waals surface area contributed by atoms with E-state index in [-0.39, 0.29) is 61.2 Å². The summed E-state index contributed by atoms with van der Waals surface area (Å²) >= 11 is 0. The molecule has 11 atom stereocenters. The summed E-state index contributed by atoms with van der Waals surface area (Å²) in [4.78, 5) is 89.4. The lowest BCUT2D eigenvalue weighted by molar-refractivity contribution is -0.316. The molecule has 4 rings (SSSR count). The monoisotopic (exact) mass is 1330 g/mol. The lowest BCUT2D eigenvalue weighted by Gasteiger charge is -2.56. The molecular formula is C68H100F10N2O12. The second kappa shape index (κ2) is 36.4. The zero-order valence-electron chi connectivity index (χ0n) is 56.1. The van der Waals surface area contributed by atoms with Crippen molar-refractivity contribution in [2.24, 2.45) is 17.8 Å². The van der Waals surface area contributed by atoms with E-state index in [1.54, 1.807) is 12.0 Å². The maximum atomic E-state index is 13.6. The van der Waals surface area contributed by atoms with Gasteiger partial charge in [0.25, 0.3) is 0 Å². The predicted octanol–water partition coefficient (Wildman–Crippen LogP) is 16.6. The Labute approximate surface area is 537 Å². The number of hydroxylamine groups is 4. The Morgan fingerprint density at radius 1 is 0.533 bits per heavy atom. The smallest absolute Gasteiger partial charge is 0.453 e. The van der Waals surface area contributed by atoms with Gasteiger partial charge in [-0.25, -0.2) is 14.4 Å². The zero-order chi connectivity index (χ0) is 70.3. The van der Waals surface area contributed by atoms with Gasteiger partial charge in [0.15, 0.2) is 12.2 Å². The lowest BCUT2D eigenvalue weighted by atomic mass is 9.70. The average molecular weight is 1330 g/mol. The number of ether oxygens (including phenoxy) is 4. The van der Waals surface area contributed by atoms with Gasteiger partial charge in [0, 0.05) is 30.8 Å². The highest BCUT2D eigenvalue weighted by atomic mass is 19.4. The van der Waals surface area contributed by atoms with Crippen LogP contribution in [0.15, 0.2) is 73.3 Å². The van der Waals surface area contributed by atoms with Gasteiger partial charge in [-0.05, 0) is 108 Å². The quantitative estimate of drug-likeness (QED) is 0.0223. The maximum absolute atomic E-state index is 13.6. The van der Waals surface area contributed by atoms with Crippen LogP contribution < -0.4 is 0 Å². The van der Waals surface area contributed by atoms with Crippen LogP contribution in [-0.4, -0.2) is 131 Å². The Morgan fingerprint density at radius 3 is 1.23 bits per heavy atom. The number of alkyl halides is 10. The molecule has 2 fully saturated rings. The Morgan fingerprint density at radius 2 is 0.880 bits per heavy atom. The fourth-order valence-electron chi connectivity index (χ4n) is 11.0. The second-order valence-corrected chi connectivity index (χ2v) is 25.1. The molecule has 11 unspecified atom stereocenters. The van der Waals surface area contributed by atoms with Crippen LogP contribution >= 0.6 is 0 Å². The number of carbonyl (C=O) groups is 6. The number of esters is 4. The van der Waals surface area contributed by atoms with Crippen molar-refractivity contribution in [3.05, 3.63) is 84.4 Å². The lowest BCUT2D eigenvalue weighted by Crippen LogP contribution is -2.67. The van der Waals surface area contributed by atoms with E-state index in [1.165, 1.54) is 5.56 Å². The molecule has 2 saturated heterocycles. The van der Waals surface area contributed by atoms with Gasteiger partial charge in [-0.3, -0.25) is 24.1 Å². The van der Waals surface area contributed by atoms with E-state index in [2.05, 4.69) is 65.0 Å². The summed E-state index contributed by atoms with van der Waals surface area (Å²) in [6.45, 7) is 28.7. The molecule has 2 aliphatic heterocycles. The normalized spacial score (nSPS) is 24.1. The van der Waals surface area contributed by atoms with Crippen molar-refractivity contribution >= 4 is 35.4 Å². The van der Waals surface area contributed by atoms with E-state index in [0.717, 1.165) is 37.7 Å². The fourth-order valence-corrected chi connectivity index (χ4v) is 11.0. The molecular weight excluding hydrogens is 1230 g/mol. The molecule has 2 aliphatic rings. The maximum Gasteiger partial charge on any atom is 0.453 e. The third kappa shape index (κ3) is 22.9. The molecule has 0 amide bonds. The molecule has 14 nitrogen and oxygen atoms in total. The van der Waals surface area contributed by atoms with Crippen molar-refractivity contribution in [3.8, 4) is 0 Å². The number of hydrogen-bond acceptors (Lipinski definition) is 14. The Balaban J connectivity index is 0.000000539. The molecule has 0 aromatic heterocycles. The third-order valence-corrected chi connectivity index (χ3v) is 18.4. The van der Waals surface area contributed by atoms with Crippen molar-refractivity contribution in [2.75, 3.05) is 26.4 Å². The van der Waals surface area contributed by atoms with Gasteiger partial charge < -0.3 is 18.9 Å². The van der Waals surface area contributed by atoms with Gasteiger partial charge in [-0.15, -0.1) is 0 Å². The number of ketones is 2. The van der Waals surface area contributed by atoms with Gasteiger partial charge >= 0.3 is 48.1 Å².